The van der Waals surface area contributed by atoms with Crippen molar-refractivity contribution in [2.75, 3.05) is 0 Å². The summed E-state index contributed by atoms with van der Waals surface area (Å²) in [5, 5.41) is 13.5. The minimum Gasteiger partial charge on any atom is -0.294 e. The van der Waals surface area contributed by atoms with Crippen molar-refractivity contribution in [1.82, 2.24) is 9.55 Å². The van der Waals surface area contributed by atoms with Crippen LogP contribution in [-0.4, -0.2) is 20.3 Å². The van der Waals surface area contributed by atoms with Crippen LogP contribution in [0.25, 0.3) is 11.2 Å². The van der Waals surface area contributed by atoms with Crippen molar-refractivity contribution in [2.45, 2.75) is 13.8 Å². The fourth-order valence-corrected chi connectivity index (χ4v) is 3.34. The van der Waals surface area contributed by atoms with Crippen molar-refractivity contribution in [2.24, 2.45) is 0 Å². The average Bonchev–Trinajstić information content (AvgIpc) is 3.20. The summed E-state index contributed by atoms with van der Waals surface area (Å²) in [5.41, 5.74) is 3.35. The standard InChI is InChI=1S/C18H15N3O3S/c1-12-11-15(13(2)20(12)18-19-9-10-25-18)5-8-17(22)14-3-6-16(7-4-14)21(23)24/h3-11H,1-2H3/b8-5+. The second-order valence-corrected chi connectivity index (χ2v) is 6.35. The van der Waals surface area contributed by atoms with E-state index >= 15 is 0 Å². The Morgan fingerprint density at radius 1 is 1.28 bits per heavy atom. The van der Waals surface area contributed by atoms with Gasteiger partial charge in [0.05, 0.1) is 4.92 Å². The van der Waals surface area contributed by atoms with Gasteiger partial charge in [-0.15, -0.1) is 11.3 Å². The number of benzene rings is 1. The molecule has 0 saturated carbocycles. The van der Waals surface area contributed by atoms with E-state index in [1.807, 2.05) is 29.9 Å². The molecule has 0 amide bonds. The van der Waals surface area contributed by atoms with Crippen LogP contribution in [0.3, 0.4) is 0 Å². The van der Waals surface area contributed by atoms with Crippen LogP contribution in [0.4, 0.5) is 5.69 Å². The first kappa shape index (κ1) is 16.8. The predicted octanol–water partition coefficient (Wildman–Crippen LogP) is 4.35. The van der Waals surface area contributed by atoms with Crippen LogP contribution in [-0.2, 0) is 0 Å². The second-order valence-electron chi connectivity index (χ2n) is 5.48. The van der Waals surface area contributed by atoms with Crippen molar-refractivity contribution < 1.29 is 9.72 Å². The number of thiazole rings is 1. The van der Waals surface area contributed by atoms with Gasteiger partial charge < -0.3 is 0 Å². The molecule has 6 nitrogen and oxygen atoms in total. The number of nitro benzene ring substituents is 1. The van der Waals surface area contributed by atoms with Crippen molar-refractivity contribution in [3.8, 4) is 5.13 Å². The number of aromatic nitrogens is 2. The molecule has 0 atom stereocenters. The van der Waals surface area contributed by atoms with E-state index in [2.05, 4.69) is 4.98 Å². The van der Waals surface area contributed by atoms with E-state index in [9.17, 15) is 14.9 Å². The molecule has 0 unspecified atom stereocenters. The number of nitro groups is 1. The number of carbonyl (C=O) groups excluding carboxylic acids is 1. The smallest absolute Gasteiger partial charge is 0.269 e. The number of carbonyl (C=O) groups is 1. The van der Waals surface area contributed by atoms with Crippen LogP contribution in [0, 0.1) is 24.0 Å². The Balaban J connectivity index is 1.83. The lowest BCUT2D eigenvalue weighted by molar-refractivity contribution is -0.384. The molecule has 3 aromatic rings. The molecule has 0 aliphatic rings. The Labute approximate surface area is 148 Å². The molecule has 1 aromatic carbocycles. The maximum atomic E-state index is 12.3. The minimum absolute atomic E-state index is 0.0347. The van der Waals surface area contributed by atoms with Crippen LogP contribution >= 0.6 is 11.3 Å². The topological polar surface area (TPSA) is 78.0 Å². The zero-order valence-corrected chi connectivity index (χ0v) is 14.5. The maximum absolute atomic E-state index is 12.3. The van der Waals surface area contributed by atoms with Gasteiger partial charge in [-0.3, -0.25) is 19.5 Å². The van der Waals surface area contributed by atoms with Crippen molar-refractivity contribution in [3.05, 3.63) is 80.6 Å². The highest BCUT2D eigenvalue weighted by Crippen LogP contribution is 2.23. The number of hydrogen-bond donors (Lipinski definition) is 0. The molecule has 126 valence electrons. The summed E-state index contributed by atoms with van der Waals surface area (Å²) in [6, 6.07) is 7.58. The van der Waals surface area contributed by atoms with E-state index in [4.69, 9.17) is 0 Å². The van der Waals surface area contributed by atoms with Crippen molar-refractivity contribution in [3.63, 3.8) is 0 Å². The molecule has 0 bridgehead atoms. The molecule has 0 fully saturated rings. The largest absolute Gasteiger partial charge is 0.294 e. The van der Waals surface area contributed by atoms with Gasteiger partial charge in [0.25, 0.3) is 5.69 Å². The molecule has 25 heavy (non-hydrogen) atoms. The summed E-state index contributed by atoms with van der Waals surface area (Å²) < 4.78 is 2.04. The van der Waals surface area contributed by atoms with Gasteiger partial charge in [-0.25, -0.2) is 4.98 Å². The minimum atomic E-state index is -0.489. The number of nitrogens with zero attached hydrogens (tertiary/aromatic N) is 3. The Morgan fingerprint density at radius 3 is 2.60 bits per heavy atom. The number of aryl methyl sites for hydroxylation is 1. The van der Waals surface area contributed by atoms with Crippen LogP contribution in [0.15, 0.2) is 48.0 Å². The quantitative estimate of drug-likeness (QED) is 0.296. The van der Waals surface area contributed by atoms with Crippen LogP contribution in [0.2, 0.25) is 0 Å². The summed E-state index contributed by atoms with van der Waals surface area (Å²) in [6.07, 6.45) is 5.00. The highest BCUT2D eigenvalue weighted by Gasteiger charge is 2.11. The zero-order chi connectivity index (χ0) is 18.0. The fourth-order valence-electron chi connectivity index (χ4n) is 2.59. The Bertz CT molecular complexity index is 954. The SMILES string of the molecule is Cc1cc(/C=C/C(=O)c2ccc([N+](=O)[O-])cc2)c(C)n1-c1nccs1. The number of hydrogen-bond acceptors (Lipinski definition) is 5. The molecule has 3 rings (SSSR count). The fraction of sp³-hybridized carbons (Fsp3) is 0.111. The lowest BCUT2D eigenvalue weighted by Gasteiger charge is -2.04. The molecule has 0 aliphatic heterocycles. The van der Waals surface area contributed by atoms with E-state index in [0.29, 0.717) is 5.56 Å². The first-order valence-corrected chi connectivity index (χ1v) is 8.41. The molecule has 2 aromatic heterocycles. The van der Waals surface area contributed by atoms with E-state index in [1.165, 1.54) is 30.3 Å². The summed E-state index contributed by atoms with van der Waals surface area (Å²) in [6.45, 7) is 3.97. The predicted molar refractivity (Wildman–Crippen MR) is 97.4 cm³/mol. The van der Waals surface area contributed by atoms with Crippen LogP contribution in [0.1, 0.15) is 27.3 Å². The van der Waals surface area contributed by atoms with Gasteiger partial charge in [-0.2, -0.15) is 0 Å². The van der Waals surface area contributed by atoms with Gasteiger partial charge in [0.15, 0.2) is 10.9 Å². The third-order valence-electron chi connectivity index (χ3n) is 3.86. The molecule has 0 saturated heterocycles. The summed E-state index contributed by atoms with van der Waals surface area (Å²) in [5.74, 6) is -0.200. The van der Waals surface area contributed by atoms with E-state index < -0.39 is 4.92 Å². The van der Waals surface area contributed by atoms with Gasteiger partial charge in [-0.05, 0) is 49.8 Å². The van der Waals surface area contributed by atoms with Gasteiger partial charge in [0.1, 0.15) is 0 Å². The van der Waals surface area contributed by atoms with Gasteiger partial charge in [-0.1, -0.05) is 0 Å². The average molecular weight is 353 g/mol. The molecule has 0 radical (unpaired) electrons. The molecular formula is C18H15N3O3S. The molecule has 7 heteroatoms. The monoisotopic (exact) mass is 353 g/mol. The zero-order valence-electron chi connectivity index (χ0n) is 13.7. The lowest BCUT2D eigenvalue weighted by atomic mass is 10.1. The van der Waals surface area contributed by atoms with Gasteiger partial charge >= 0.3 is 0 Å². The normalized spacial score (nSPS) is 11.1. The number of ketones is 1. The highest BCUT2D eigenvalue weighted by atomic mass is 32.1. The first-order valence-electron chi connectivity index (χ1n) is 7.53. The maximum Gasteiger partial charge on any atom is 0.269 e. The van der Waals surface area contributed by atoms with E-state index in [1.54, 1.807) is 23.6 Å². The molecule has 0 N–H and O–H groups in total. The number of allylic oxidation sites excluding steroid dienone is 1. The van der Waals surface area contributed by atoms with Crippen molar-refractivity contribution >= 4 is 28.9 Å². The second kappa shape index (κ2) is 6.82. The van der Waals surface area contributed by atoms with E-state index in [-0.39, 0.29) is 11.5 Å². The summed E-state index contributed by atoms with van der Waals surface area (Å²) in [4.78, 5) is 26.8. The highest BCUT2D eigenvalue weighted by molar-refractivity contribution is 7.12. The van der Waals surface area contributed by atoms with Crippen LogP contribution in [0.5, 0.6) is 0 Å². The molecule has 0 aliphatic carbocycles. The van der Waals surface area contributed by atoms with E-state index in [0.717, 1.165) is 22.1 Å². The number of non-ortho nitro benzene ring substituents is 1. The lowest BCUT2D eigenvalue weighted by Crippen LogP contribution is -1.98. The van der Waals surface area contributed by atoms with Crippen LogP contribution < -0.4 is 0 Å². The molecule has 0 spiro atoms. The first-order chi connectivity index (χ1) is 12.0. The third kappa shape index (κ3) is 3.41. The van der Waals surface area contributed by atoms with Gasteiger partial charge in [0.2, 0.25) is 0 Å². The number of rotatable bonds is 5. The van der Waals surface area contributed by atoms with Gasteiger partial charge in [0, 0.05) is 40.7 Å². The molecule has 2 heterocycles. The Kier molecular flexibility index (Phi) is 4.58. The Morgan fingerprint density at radius 2 is 2.00 bits per heavy atom. The molecular weight excluding hydrogens is 338 g/mol. The third-order valence-corrected chi connectivity index (χ3v) is 4.61. The summed E-state index contributed by atoms with van der Waals surface area (Å²) in [7, 11) is 0. The Hall–Kier alpha value is -3.06. The van der Waals surface area contributed by atoms with Crippen molar-refractivity contribution in [1.29, 1.82) is 0 Å². The summed E-state index contributed by atoms with van der Waals surface area (Å²) >= 11 is 1.55.